The molecule has 1 atom stereocenters. The molecular weight excluding hydrogens is 312 g/mol. The lowest BCUT2D eigenvalue weighted by Crippen LogP contribution is -2.30. The highest BCUT2D eigenvalue weighted by Gasteiger charge is 2.18. The first-order valence-corrected chi connectivity index (χ1v) is 9.10. The summed E-state index contributed by atoms with van der Waals surface area (Å²) in [6.07, 6.45) is 3.78. The molecule has 0 saturated carbocycles. The smallest absolute Gasteiger partial charge is 0.212 e. The fraction of sp³-hybridized carbons (Fsp3) is 0.353. The second-order valence-corrected chi connectivity index (χ2v) is 7.38. The molecule has 0 bridgehead atoms. The Kier molecular flexibility index (Phi) is 5.74. The van der Waals surface area contributed by atoms with Crippen molar-refractivity contribution in [3.8, 4) is 5.75 Å². The number of pyridine rings is 1. The molecule has 23 heavy (non-hydrogen) atoms. The van der Waals surface area contributed by atoms with Crippen LogP contribution in [0.5, 0.6) is 5.75 Å². The molecule has 1 aromatic heterocycles. The molecule has 1 unspecified atom stereocenters. The molecular formula is C17H22N2O3S. The molecule has 0 fully saturated rings. The minimum absolute atomic E-state index is 0.0372. The lowest BCUT2D eigenvalue weighted by Gasteiger charge is -2.18. The lowest BCUT2D eigenvalue weighted by molar-refractivity contribution is 0.405. The van der Waals surface area contributed by atoms with Gasteiger partial charge in [-0.25, -0.2) is 13.1 Å². The fourth-order valence-corrected chi connectivity index (χ4v) is 3.67. The maximum atomic E-state index is 12.3. The second-order valence-electron chi connectivity index (χ2n) is 5.51. The van der Waals surface area contributed by atoms with Crippen LogP contribution in [0, 0.1) is 6.92 Å². The summed E-state index contributed by atoms with van der Waals surface area (Å²) in [6, 6.07) is 9.02. The largest absolute Gasteiger partial charge is 0.496 e. The van der Waals surface area contributed by atoms with Crippen molar-refractivity contribution in [2.24, 2.45) is 0 Å². The molecule has 1 aromatic carbocycles. The van der Waals surface area contributed by atoms with Crippen molar-refractivity contribution in [2.45, 2.75) is 26.3 Å². The number of aromatic nitrogens is 1. The lowest BCUT2D eigenvalue weighted by atomic mass is 10.1. The van der Waals surface area contributed by atoms with Gasteiger partial charge in [0.1, 0.15) is 5.75 Å². The number of rotatable bonds is 7. The van der Waals surface area contributed by atoms with Gasteiger partial charge < -0.3 is 4.74 Å². The Morgan fingerprint density at radius 2 is 1.91 bits per heavy atom. The molecule has 0 saturated heterocycles. The molecule has 0 aliphatic heterocycles. The number of aryl methyl sites for hydroxylation is 2. The molecule has 0 spiro atoms. The summed E-state index contributed by atoms with van der Waals surface area (Å²) in [5.74, 6) is 0.718. The minimum atomic E-state index is -3.39. The zero-order valence-corrected chi connectivity index (χ0v) is 14.4. The van der Waals surface area contributed by atoms with Crippen molar-refractivity contribution in [1.82, 2.24) is 9.71 Å². The van der Waals surface area contributed by atoms with E-state index < -0.39 is 10.0 Å². The van der Waals surface area contributed by atoms with Crippen molar-refractivity contribution < 1.29 is 13.2 Å². The van der Waals surface area contributed by atoms with E-state index in [1.807, 2.05) is 44.2 Å². The number of nitrogens with one attached hydrogen (secondary N) is 1. The van der Waals surface area contributed by atoms with Crippen LogP contribution < -0.4 is 9.46 Å². The van der Waals surface area contributed by atoms with Crippen LogP contribution in [-0.4, -0.2) is 26.3 Å². The highest BCUT2D eigenvalue weighted by atomic mass is 32.2. The number of methoxy groups -OCH3 is 1. The first kappa shape index (κ1) is 17.4. The van der Waals surface area contributed by atoms with Crippen molar-refractivity contribution in [3.05, 3.63) is 59.4 Å². The molecule has 0 radical (unpaired) electrons. The predicted molar refractivity (Wildman–Crippen MR) is 91.0 cm³/mol. The third-order valence-electron chi connectivity index (χ3n) is 3.62. The molecule has 124 valence electrons. The Balaban J connectivity index is 2.06. The van der Waals surface area contributed by atoms with E-state index in [1.165, 1.54) is 0 Å². The van der Waals surface area contributed by atoms with E-state index in [0.29, 0.717) is 12.2 Å². The van der Waals surface area contributed by atoms with Crippen LogP contribution in [0.3, 0.4) is 0 Å². The Bertz CT molecular complexity index is 746. The predicted octanol–water partition coefficient (Wildman–Crippen LogP) is 2.62. The first-order valence-electron chi connectivity index (χ1n) is 7.45. The van der Waals surface area contributed by atoms with Crippen molar-refractivity contribution in [3.63, 3.8) is 0 Å². The van der Waals surface area contributed by atoms with Crippen LogP contribution in [0.15, 0.2) is 42.7 Å². The maximum Gasteiger partial charge on any atom is 0.212 e. The third-order valence-corrected chi connectivity index (χ3v) is 5.07. The summed E-state index contributed by atoms with van der Waals surface area (Å²) < 4.78 is 32.7. The minimum Gasteiger partial charge on any atom is -0.496 e. The topological polar surface area (TPSA) is 68.3 Å². The number of ether oxygens (including phenoxy) is 1. The van der Waals surface area contributed by atoms with Gasteiger partial charge in [-0.2, -0.15) is 0 Å². The third kappa shape index (κ3) is 5.04. The highest BCUT2D eigenvalue weighted by Crippen LogP contribution is 2.26. The summed E-state index contributed by atoms with van der Waals surface area (Å²) in [7, 11) is -1.81. The second kappa shape index (κ2) is 7.57. The van der Waals surface area contributed by atoms with Crippen LogP contribution in [-0.2, 0) is 16.4 Å². The monoisotopic (exact) mass is 334 g/mol. The van der Waals surface area contributed by atoms with Gasteiger partial charge in [0, 0.05) is 24.0 Å². The van der Waals surface area contributed by atoms with Crippen molar-refractivity contribution in [1.29, 1.82) is 0 Å². The molecule has 6 heteroatoms. The Hall–Kier alpha value is -1.92. The van der Waals surface area contributed by atoms with Gasteiger partial charge in [0.15, 0.2) is 0 Å². The van der Waals surface area contributed by atoms with E-state index in [2.05, 4.69) is 9.71 Å². The summed E-state index contributed by atoms with van der Waals surface area (Å²) in [6.45, 7) is 3.79. The molecule has 2 rings (SSSR count). The molecule has 5 nitrogen and oxygen atoms in total. The number of benzene rings is 1. The molecule has 0 aliphatic carbocycles. The summed E-state index contributed by atoms with van der Waals surface area (Å²) in [5.41, 5.74) is 2.84. The van der Waals surface area contributed by atoms with Crippen LogP contribution in [0.25, 0.3) is 0 Å². The van der Waals surface area contributed by atoms with Crippen LogP contribution in [0.4, 0.5) is 0 Å². The zero-order valence-electron chi connectivity index (χ0n) is 13.6. The van der Waals surface area contributed by atoms with Gasteiger partial charge in [0.05, 0.1) is 12.9 Å². The van der Waals surface area contributed by atoms with E-state index in [9.17, 15) is 8.42 Å². The fourth-order valence-electron chi connectivity index (χ4n) is 2.39. The summed E-state index contributed by atoms with van der Waals surface area (Å²) >= 11 is 0. The Morgan fingerprint density at radius 3 is 2.57 bits per heavy atom. The molecule has 1 N–H and O–H groups in total. The van der Waals surface area contributed by atoms with E-state index in [-0.39, 0.29) is 11.8 Å². The van der Waals surface area contributed by atoms with Crippen molar-refractivity contribution in [2.75, 3.05) is 12.9 Å². The van der Waals surface area contributed by atoms with Gasteiger partial charge in [0.25, 0.3) is 0 Å². The number of hydrogen-bond donors (Lipinski definition) is 1. The number of hydrogen-bond acceptors (Lipinski definition) is 4. The zero-order chi connectivity index (χ0) is 16.9. The Morgan fingerprint density at radius 1 is 1.22 bits per heavy atom. The van der Waals surface area contributed by atoms with Gasteiger partial charge in [-0.05, 0) is 44.0 Å². The molecule has 0 aliphatic rings. The van der Waals surface area contributed by atoms with Gasteiger partial charge in [0.2, 0.25) is 10.0 Å². The van der Waals surface area contributed by atoms with Crippen LogP contribution >= 0.6 is 0 Å². The van der Waals surface area contributed by atoms with E-state index in [1.54, 1.807) is 19.5 Å². The average molecular weight is 334 g/mol. The van der Waals surface area contributed by atoms with E-state index in [4.69, 9.17) is 4.74 Å². The highest BCUT2D eigenvalue weighted by molar-refractivity contribution is 7.89. The number of nitrogens with zero attached hydrogens (tertiary/aromatic N) is 1. The van der Waals surface area contributed by atoms with E-state index in [0.717, 1.165) is 16.7 Å². The summed E-state index contributed by atoms with van der Waals surface area (Å²) in [4.78, 5) is 3.93. The first-order chi connectivity index (χ1) is 10.9. The number of sulfonamides is 1. The van der Waals surface area contributed by atoms with Gasteiger partial charge in [-0.3, -0.25) is 4.98 Å². The van der Waals surface area contributed by atoms with Crippen molar-refractivity contribution >= 4 is 10.0 Å². The quantitative estimate of drug-likeness (QED) is 0.845. The average Bonchev–Trinajstić information content (AvgIpc) is 2.53. The maximum absolute atomic E-state index is 12.3. The van der Waals surface area contributed by atoms with E-state index >= 15 is 0 Å². The normalized spacial score (nSPS) is 12.8. The summed E-state index contributed by atoms with van der Waals surface area (Å²) in [5, 5.41) is 0. The molecule has 2 aromatic rings. The standard InChI is InChI=1S/C17H22N2O3S/c1-13-4-5-17(22-3)16(12-13)14(2)19-23(20,21)11-8-15-6-9-18-10-7-15/h4-7,9-10,12,14,19H,8,11H2,1-3H3. The Labute approximate surface area is 137 Å². The SMILES string of the molecule is COc1ccc(C)cc1C(C)NS(=O)(=O)CCc1ccncc1. The van der Waals surface area contributed by atoms with Crippen LogP contribution in [0.1, 0.15) is 29.7 Å². The van der Waals surface area contributed by atoms with Gasteiger partial charge >= 0.3 is 0 Å². The molecule has 1 heterocycles. The van der Waals surface area contributed by atoms with Crippen LogP contribution in [0.2, 0.25) is 0 Å². The molecule has 0 amide bonds. The van der Waals surface area contributed by atoms with Gasteiger partial charge in [-0.1, -0.05) is 17.7 Å². The van der Waals surface area contributed by atoms with Gasteiger partial charge in [-0.15, -0.1) is 0 Å².